The molecule has 0 atom stereocenters. The average Bonchev–Trinajstić information content (AvgIpc) is 3.15. The fraction of sp³-hybridized carbons (Fsp3) is 0.615. The number of nitrogens with zero attached hydrogens (tertiary/aromatic N) is 2. The highest BCUT2D eigenvalue weighted by atomic mass is 79.9. The Hall–Kier alpha value is -0.610. The molecule has 1 aromatic heterocycles. The Morgan fingerprint density at radius 2 is 2.29 bits per heavy atom. The van der Waals surface area contributed by atoms with Crippen LogP contribution >= 0.6 is 15.9 Å². The first-order chi connectivity index (χ1) is 8.26. The molecule has 1 aliphatic rings. The van der Waals surface area contributed by atoms with Gasteiger partial charge in [-0.05, 0) is 41.3 Å². The third kappa shape index (κ3) is 3.19. The van der Waals surface area contributed by atoms with Crippen molar-refractivity contribution >= 4 is 21.7 Å². The molecule has 1 aromatic rings. The van der Waals surface area contributed by atoms with E-state index in [0.717, 1.165) is 22.4 Å². The molecule has 1 aliphatic carbocycles. The van der Waals surface area contributed by atoms with Crippen LogP contribution in [0.2, 0.25) is 0 Å². The van der Waals surface area contributed by atoms with E-state index in [9.17, 15) is 5.11 Å². The highest BCUT2D eigenvalue weighted by Crippen LogP contribution is 2.33. The number of rotatable bonds is 6. The van der Waals surface area contributed by atoms with Crippen LogP contribution in [0.3, 0.4) is 0 Å². The normalized spacial score (nSPS) is 15.0. The third-order valence-electron chi connectivity index (χ3n) is 3.09. The molecule has 1 saturated carbocycles. The summed E-state index contributed by atoms with van der Waals surface area (Å²) in [7, 11) is 0. The van der Waals surface area contributed by atoms with Crippen LogP contribution in [0.15, 0.2) is 16.7 Å². The number of aliphatic hydroxyl groups is 1. The van der Waals surface area contributed by atoms with Crippen molar-refractivity contribution in [3.05, 3.63) is 22.3 Å². The van der Waals surface area contributed by atoms with Crippen LogP contribution in [0.5, 0.6) is 0 Å². The highest BCUT2D eigenvalue weighted by Gasteiger charge is 2.30. The summed E-state index contributed by atoms with van der Waals surface area (Å²) < 4.78 is 0.927. The van der Waals surface area contributed by atoms with E-state index in [4.69, 9.17) is 0 Å². The van der Waals surface area contributed by atoms with Crippen LogP contribution in [0, 0.1) is 0 Å². The van der Waals surface area contributed by atoms with Crippen molar-refractivity contribution in [1.82, 2.24) is 4.98 Å². The van der Waals surface area contributed by atoms with Crippen molar-refractivity contribution in [3.8, 4) is 0 Å². The molecule has 0 spiro atoms. The maximum Gasteiger partial charge on any atom is 0.134 e. The maximum absolute atomic E-state index is 9.43. The second-order valence-electron chi connectivity index (χ2n) is 4.57. The van der Waals surface area contributed by atoms with Crippen LogP contribution in [-0.4, -0.2) is 22.7 Å². The number of aromatic nitrogens is 1. The van der Waals surface area contributed by atoms with E-state index in [0.29, 0.717) is 6.04 Å². The van der Waals surface area contributed by atoms with E-state index in [-0.39, 0.29) is 6.61 Å². The van der Waals surface area contributed by atoms with Gasteiger partial charge in [-0.1, -0.05) is 13.3 Å². The first kappa shape index (κ1) is 12.8. The van der Waals surface area contributed by atoms with E-state index in [2.05, 4.69) is 32.7 Å². The van der Waals surface area contributed by atoms with Gasteiger partial charge in [-0.2, -0.15) is 0 Å². The predicted octanol–water partition coefficient (Wildman–Crippen LogP) is 3.11. The summed E-state index contributed by atoms with van der Waals surface area (Å²) in [6, 6.07) is 2.60. The van der Waals surface area contributed by atoms with Gasteiger partial charge in [-0.3, -0.25) is 0 Å². The zero-order valence-corrected chi connectivity index (χ0v) is 11.8. The fourth-order valence-corrected chi connectivity index (χ4v) is 2.40. The molecular formula is C13H19BrN2O. The lowest BCUT2D eigenvalue weighted by Gasteiger charge is -2.25. The number of anilines is 1. The molecule has 4 heteroatoms. The average molecular weight is 299 g/mol. The number of hydrogen-bond donors (Lipinski definition) is 1. The minimum atomic E-state index is 0.0527. The lowest BCUT2D eigenvalue weighted by atomic mass is 10.2. The Morgan fingerprint density at radius 3 is 2.88 bits per heavy atom. The van der Waals surface area contributed by atoms with Gasteiger partial charge in [0, 0.05) is 28.8 Å². The molecule has 0 bridgehead atoms. The van der Waals surface area contributed by atoms with Crippen LogP contribution in [-0.2, 0) is 6.61 Å². The second-order valence-corrected chi connectivity index (χ2v) is 5.49. The van der Waals surface area contributed by atoms with Gasteiger partial charge in [-0.15, -0.1) is 0 Å². The Kier molecular flexibility index (Phi) is 4.40. The number of pyridine rings is 1. The quantitative estimate of drug-likeness (QED) is 0.877. The molecule has 0 radical (unpaired) electrons. The summed E-state index contributed by atoms with van der Waals surface area (Å²) in [6.45, 7) is 3.30. The van der Waals surface area contributed by atoms with Gasteiger partial charge in [-0.25, -0.2) is 4.98 Å². The number of halogens is 1. The minimum Gasteiger partial charge on any atom is -0.392 e. The molecule has 0 aromatic carbocycles. The minimum absolute atomic E-state index is 0.0527. The van der Waals surface area contributed by atoms with Crippen molar-refractivity contribution in [3.63, 3.8) is 0 Å². The fourth-order valence-electron chi connectivity index (χ4n) is 2.03. The molecule has 2 rings (SSSR count). The van der Waals surface area contributed by atoms with Gasteiger partial charge >= 0.3 is 0 Å². The standard InChI is InChI=1S/C13H19BrN2O/c1-2-3-6-16(12-4-5-12)13-10(9-17)7-11(14)8-15-13/h7-8,12,17H,2-6,9H2,1H3. The van der Waals surface area contributed by atoms with Gasteiger partial charge in [0.1, 0.15) is 5.82 Å². The van der Waals surface area contributed by atoms with Gasteiger partial charge < -0.3 is 10.0 Å². The first-order valence-electron chi connectivity index (χ1n) is 6.28. The lowest BCUT2D eigenvalue weighted by molar-refractivity contribution is 0.281. The van der Waals surface area contributed by atoms with Gasteiger partial charge in [0.05, 0.1) is 6.61 Å². The topological polar surface area (TPSA) is 36.4 Å². The van der Waals surface area contributed by atoms with Crippen molar-refractivity contribution < 1.29 is 5.11 Å². The van der Waals surface area contributed by atoms with Gasteiger partial charge in [0.25, 0.3) is 0 Å². The van der Waals surface area contributed by atoms with Crippen molar-refractivity contribution in [2.45, 2.75) is 45.3 Å². The molecule has 0 unspecified atom stereocenters. The Morgan fingerprint density at radius 1 is 1.53 bits per heavy atom. The molecule has 1 fully saturated rings. The lowest BCUT2D eigenvalue weighted by Crippen LogP contribution is -2.28. The molecule has 17 heavy (non-hydrogen) atoms. The second kappa shape index (κ2) is 5.83. The van der Waals surface area contributed by atoms with Crippen molar-refractivity contribution in [2.75, 3.05) is 11.4 Å². The highest BCUT2D eigenvalue weighted by molar-refractivity contribution is 9.10. The van der Waals surface area contributed by atoms with Crippen LogP contribution in [0.4, 0.5) is 5.82 Å². The zero-order chi connectivity index (χ0) is 12.3. The number of hydrogen-bond acceptors (Lipinski definition) is 3. The smallest absolute Gasteiger partial charge is 0.134 e. The molecule has 94 valence electrons. The van der Waals surface area contributed by atoms with E-state index >= 15 is 0 Å². The third-order valence-corrected chi connectivity index (χ3v) is 3.53. The monoisotopic (exact) mass is 298 g/mol. The summed E-state index contributed by atoms with van der Waals surface area (Å²) in [5.74, 6) is 0.964. The van der Waals surface area contributed by atoms with Gasteiger partial charge in [0.2, 0.25) is 0 Å². The van der Waals surface area contributed by atoms with E-state index in [1.54, 1.807) is 0 Å². The predicted molar refractivity (Wildman–Crippen MR) is 73.1 cm³/mol. The molecular weight excluding hydrogens is 280 g/mol. The Bertz CT molecular complexity index is 380. The van der Waals surface area contributed by atoms with Crippen molar-refractivity contribution in [2.24, 2.45) is 0 Å². The SMILES string of the molecule is CCCCN(c1ncc(Br)cc1CO)C1CC1. The molecule has 1 N–H and O–H groups in total. The number of unbranched alkanes of at least 4 members (excludes halogenated alkanes) is 1. The summed E-state index contributed by atoms with van der Waals surface area (Å²) in [5, 5.41) is 9.43. The Balaban J connectivity index is 2.21. The maximum atomic E-state index is 9.43. The largest absolute Gasteiger partial charge is 0.392 e. The van der Waals surface area contributed by atoms with E-state index in [1.165, 1.54) is 25.7 Å². The summed E-state index contributed by atoms with van der Waals surface area (Å²) in [4.78, 5) is 6.85. The van der Waals surface area contributed by atoms with E-state index in [1.807, 2.05) is 12.3 Å². The molecule has 0 saturated heterocycles. The molecule has 0 aliphatic heterocycles. The molecule has 3 nitrogen and oxygen atoms in total. The van der Waals surface area contributed by atoms with Crippen LogP contribution in [0.1, 0.15) is 38.2 Å². The molecule has 0 amide bonds. The molecule has 1 heterocycles. The summed E-state index contributed by atoms with van der Waals surface area (Å²) in [5.41, 5.74) is 0.919. The first-order valence-corrected chi connectivity index (χ1v) is 7.07. The van der Waals surface area contributed by atoms with Crippen molar-refractivity contribution in [1.29, 1.82) is 0 Å². The van der Waals surface area contributed by atoms with Crippen LogP contribution in [0.25, 0.3) is 0 Å². The number of aliphatic hydroxyl groups excluding tert-OH is 1. The zero-order valence-electron chi connectivity index (χ0n) is 10.2. The summed E-state index contributed by atoms with van der Waals surface area (Å²) >= 11 is 3.40. The Labute approximate surface area is 111 Å². The van der Waals surface area contributed by atoms with Gasteiger partial charge in [0.15, 0.2) is 0 Å². The van der Waals surface area contributed by atoms with Crippen LogP contribution < -0.4 is 4.90 Å². The van der Waals surface area contributed by atoms with E-state index < -0.39 is 0 Å². The summed E-state index contributed by atoms with van der Waals surface area (Å²) in [6.07, 6.45) is 6.70.